The van der Waals surface area contributed by atoms with Gasteiger partial charge in [0.15, 0.2) is 0 Å². The van der Waals surface area contributed by atoms with Gasteiger partial charge < -0.3 is 10.1 Å². The lowest BCUT2D eigenvalue weighted by Gasteiger charge is -2.13. The van der Waals surface area contributed by atoms with Gasteiger partial charge in [0.2, 0.25) is 0 Å². The second-order valence-corrected chi connectivity index (χ2v) is 8.68. The standard InChI is InChI=1S/C23H33FN2OS/c24-21-12-10-20(11-13-21)23-26-22(18-28-23)17-27-15-7-3-1-2-4-8-19-9-5-6-14-25-16-19/h10-13,18-19,25H,1-9,14-17H2. The summed E-state index contributed by atoms with van der Waals surface area (Å²) in [6.45, 7) is 3.81. The van der Waals surface area contributed by atoms with Gasteiger partial charge in [0.25, 0.3) is 0 Å². The Hall–Kier alpha value is -1.30. The fourth-order valence-electron chi connectivity index (χ4n) is 3.78. The molecule has 3 rings (SSSR count). The highest BCUT2D eigenvalue weighted by molar-refractivity contribution is 7.13. The van der Waals surface area contributed by atoms with E-state index in [-0.39, 0.29) is 5.82 Å². The summed E-state index contributed by atoms with van der Waals surface area (Å²) < 4.78 is 18.8. The van der Waals surface area contributed by atoms with Crippen LogP contribution in [0.25, 0.3) is 10.6 Å². The first kappa shape index (κ1) is 21.4. The SMILES string of the molecule is Fc1ccc(-c2nc(COCCCCCCCC3CCCCNC3)cs2)cc1. The van der Waals surface area contributed by atoms with Gasteiger partial charge in [-0.15, -0.1) is 11.3 Å². The maximum atomic E-state index is 13.0. The third-order valence-corrected chi connectivity index (χ3v) is 6.38. The van der Waals surface area contributed by atoms with E-state index in [9.17, 15) is 4.39 Å². The van der Waals surface area contributed by atoms with Crippen molar-refractivity contribution >= 4 is 11.3 Å². The zero-order valence-electron chi connectivity index (χ0n) is 16.8. The summed E-state index contributed by atoms with van der Waals surface area (Å²) in [6, 6.07) is 6.48. The van der Waals surface area contributed by atoms with Gasteiger partial charge in [-0.2, -0.15) is 0 Å². The van der Waals surface area contributed by atoms with Gasteiger partial charge in [0, 0.05) is 17.6 Å². The summed E-state index contributed by atoms with van der Waals surface area (Å²) in [6.07, 6.45) is 12.0. The third-order valence-electron chi connectivity index (χ3n) is 5.44. The predicted octanol–water partition coefficient (Wildman–Crippen LogP) is 6.20. The van der Waals surface area contributed by atoms with E-state index < -0.39 is 0 Å². The van der Waals surface area contributed by atoms with Crippen molar-refractivity contribution in [2.24, 2.45) is 5.92 Å². The van der Waals surface area contributed by atoms with E-state index in [2.05, 4.69) is 10.3 Å². The number of unbranched alkanes of at least 4 members (excludes halogenated alkanes) is 4. The topological polar surface area (TPSA) is 34.1 Å². The predicted molar refractivity (Wildman–Crippen MR) is 115 cm³/mol. The number of hydrogen-bond donors (Lipinski definition) is 1. The van der Waals surface area contributed by atoms with Crippen molar-refractivity contribution < 1.29 is 9.13 Å². The number of halogens is 1. The second kappa shape index (κ2) is 12.3. The molecule has 1 unspecified atom stereocenters. The van der Waals surface area contributed by atoms with Gasteiger partial charge in [-0.1, -0.05) is 32.1 Å². The Bertz CT molecular complexity index is 665. The number of nitrogens with zero attached hydrogens (tertiary/aromatic N) is 1. The lowest BCUT2D eigenvalue weighted by molar-refractivity contribution is 0.114. The Morgan fingerprint density at radius 2 is 1.89 bits per heavy atom. The van der Waals surface area contributed by atoms with E-state index in [0.717, 1.165) is 35.2 Å². The summed E-state index contributed by atoms with van der Waals surface area (Å²) in [7, 11) is 0. The molecule has 1 aliphatic rings. The van der Waals surface area contributed by atoms with Gasteiger partial charge in [-0.05, 0) is 69.0 Å². The number of ether oxygens (including phenoxy) is 1. The van der Waals surface area contributed by atoms with E-state index in [1.807, 2.05) is 5.38 Å². The number of thiazole rings is 1. The number of rotatable bonds is 11. The summed E-state index contributed by atoms with van der Waals surface area (Å²) in [5.74, 6) is 0.689. The van der Waals surface area contributed by atoms with E-state index >= 15 is 0 Å². The van der Waals surface area contributed by atoms with Crippen molar-refractivity contribution in [3.8, 4) is 10.6 Å². The van der Waals surface area contributed by atoms with Crippen LogP contribution in [-0.4, -0.2) is 24.7 Å². The zero-order valence-corrected chi connectivity index (χ0v) is 17.6. The number of aromatic nitrogens is 1. The molecule has 1 aliphatic heterocycles. The Labute approximate surface area is 172 Å². The minimum absolute atomic E-state index is 0.217. The second-order valence-electron chi connectivity index (χ2n) is 7.83. The van der Waals surface area contributed by atoms with Crippen LogP contribution in [-0.2, 0) is 11.3 Å². The molecular formula is C23H33FN2OS. The van der Waals surface area contributed by atoms with Gasteiger partial charge in [-0.3, -0.25) is 0 Å². The van der Waals surface area contributed by atoms with Crippen LogP contribution < -0.4 is 5.32 Å². The fraction of sp³-hybridized carbons (Fsp3) is 0.609. The molecule has 0 bridgehead atoms. The van der Waals surface area contributed by atoms with Crippen LogP contribution in [0.4, 0.5) is 4.39 Å². The van der Waals surface area contributed by atoms with Crippen molar-refractivity contribution in [3.05, 3.63) is 41.2 Å². The fourth-order valence-corrected chi connectivity index (χ4v) is 4.59. The largest absolute Gasteiger partial charge is 0.375 e. The van der Waals surface area contributed by atoms with Gasteiger partial charge in [-0.25, -0.2) is 9.37 Å². The summed E-state index contributed by atoms with van der Waals surface area (Å²) in [4.78, 5) is 4.59. The Kier molecular flexibility index (Phi) is 9.41. The summed E-state index contributed by atoms with van der Waals surface area (Å²) in [5.41, 5.74) is 1.92. The van der Waals surface area contributed by atoms with Crippen LogP contribution in [0.3, 0.4) is 0 Å². The maximum Gasteiger partial charge on any atom is 0.123 e. The van der Waals surface area contributed by atoms with Crippen molar-refractivity contribution in [2.75, 3.05) is 19.7 Å². The molecule has 28 heavy (non-hydrogen) atoms. The molecule has 154 valence electrons. The molecule has 2 heterocycles. The Morgan fingerprint density at radius 1 is 1.07 bits per heavy atom. The minimum atomic E-state index is -0.217. The van der Waals surface area contributed by atoms with Crippen LogP contribution in [0.1, 0.15) is 63.5 Å². The molecule has 0 amide bonds. The van der Waals surface area contributed by atoms with E-state index in [1.165, 1.54) is 76.6 Å². The quantitative estimate of drug-likeness (QED) is 0.453. The minimum Gasteiger partial charge on any atom is -0.375 e. The molecule has 0 aliphatic carbocycles. The molecule has 1 saturated heterocycles. The van der Waals surface area contributed by atoms with Gasteiger partial charge in [0.1, 0.15) is 10.8 Å². The summed E-state index contributed by atoms with van der Waals surface area (Å²) in [5, 5.41) is 6.51. The first-order valence-electron chi connectivity index (χ1n) is 10.8. The molecule has 1 fully saturated rings. The molecule has 2 aromatic rings. The molecule has 1 atom stereocenters. The smallest absolute Gasteiger partial charge is 0.123 e. The number of nitrogens with one attached hydrogen (secondary N) is 1. The first-order valence-corrected chi connectivity index (χ1v) is 11.7. The van der Waals surface area contributed by atoms with E-state index in [1.54, 1.807) is 23.5 Å². The monoisotopic (exact) mass is 404 g/mol. The molecule has 0 saturated carbocycles. The number of hydrogen-bond acceptors (Lipinski definition) is 4. The van der Waals surface area contributed by atoms with Gasteiger partial charge >= 0.3 is 0 Å². The summed E-state index contributed by atoms with van der Waals surface area (Å²) >= 11 is 1.58. The molecular weight excluding hydrogens is 371 g/mol. The van der Waals surface area contributed by atoms with Crippen molar-refractivity contribution in [3.63, 3.8) is 0 Å². The van der Waals surface area contributed by atoms with Crippen molar-refractivity contribution in [2.45, 2.75) is 64.4 Å². The van der Waals surface area contributed by atoms with Crippen LogP contribution in [0.2, 0.25) is 0 Å². The average molecular weight is 405 g/mol. The molecule has 5 heteroatoms. The van der Waals surface area contributed by atoms with Crippen LogP contribution in [0.15, 0.2) is 29.6 Å². The normalized spacial score (nSPS) is 17.5. The highest BCUT2D eigenvalue weighted by Crippen LogP contribution is 2.24. The van der Waals surface area contributed by atoms with Crippen LogP contribution in [0, 0.1) is 11.7 Å². The average Bonchev–Trinajstić information content (AvgIpc) is 3.02. The molecule has 0 radical (unpaired) electrons. The van der Waals surface area contributed by atoms with E-state index in [4.69, 9.17) is 4.74 Å². The van der Waals surface area contributed by atoms with Crippen molar-refractivity contribution in [1.82, 2.24) is 10.3 Å². The highest BCUT2D eigenvalue weighted by Gasteiger charge is 2.11. The zero-order chi connectivity index (χ0) is 19.4. The lowest BCUT2D eigenvalue weighted by atomic mass is 9.96. The lowest BCUT2D eigenvalue weighted by Crippen LogP contribution is -2.20. The first-order chi connectivity index (χ1) is 13.8. The van der Waals surface area contributed by atoms with Gasteiger partial charge in [0.05, 0.1) is 12.3 Å². The molecule has 1 aromatic heterocycles. The molecule has 1 aromatic carbocycles. The maximum absolute atomic E-state index is 13.0. The van der Waals surface area contributed by atoms with E-state index in [0.29, 0.717) is 6.61 Å². The van der Waals surface area contributed by atoms with Crippen LogP contribution in [0.5, 0.6) is 0 Å². The Balaban J connectivity index is 1.20. The Morgan fingerprint density at radius 3 is 2.79 bits per heavy atom. The highest BCUT2D eigenvalue weighted by atomic mass is 32.1. The number of benzene rings is 1. The molecule has 3 nitrogen and oxygen atoms in total. The van der Waals surface area contributed by atoms with Crippen LogP contribution >= 0.6 is 11.3 Å². The van der Waals surface area contributed by atoms with Crippen molar-refractivity contribution in [1.29, 1.82) is 0 Å². The third kappa shape index (κ3) is 7.61. The molecule has 0 spiro atoms. The molecule has 1 N–H and O–H groups in total.